The molecule has 7 rings (SSSR count). The van der Waals surface area contributed by atoms with Crippen molar-refractivity contribution in [1.82, 2.24) is 0 Å². The monoisotopic (exact) mass is 504 g/mol. The summed E-state index contributed by atoms with van der Waals surface area (Å²) in [5, 5.41) is 4.37. The molecule has 2 aliphatic carbocycles. The Balaban J connectivity index is 1.45. The van der Waals surface area contributed by atoms with Crippen LogP contribution in [0.1, 0.15) is 41.0 Å². The summed E-state index contributed by atoms with van der Waals surface area (Å²) >= 11 is 0. The predicted molar refractivity (Wildman–Crippen MR) is 165 cm³/mol. The Morgan fingerprint density at radius 3 is 1.76 bits per heavy atom. The molecule has 38 heavy (non-hydrogen) atoms. The first-order valence-corrected chi connectivity index (χ1v) is 14.7. The van der Waals surface area contributed by atoms with Crippen LogP contribution in [0.5, 0.6) is 0 Å². The molecule has 0 heterocycles. The molecule has 0 aromatic heterocycles. The number of fused-ring (bicyclic) bond motifs is 2. The Labute approximate surface area is 226 Å². The smallest absolute Gasteiger partial charge is 0.0213 e. The van der Waals surface area contributed by atoms with Gasteiger partial charge in [-0.15, -0.1) is 0 Å². The van der Waals surface area contributed by atoms with E-state index in [1.807, 2.05) is 0 Å². The van der Waals surface area contributed by atoms with Crippen LogP contribution < -0.4 is 10.6 Å². The summed E-state index contributed by atoms with van der Waals surface area (Å²) in [5.74, 6) is 0.591. The molecule has 0 amide bonds. The Kier molecular flexibility index (Phi) is 5.92. The van der Waals surface area contributed by atoms with Crippen molar-refractivity contribution < 1.29 is 0 Å². The summed E-state index contributed by atoms with van der Waals surface area (Å²) in [6, 6.07) is 49.1. The Morgan fingerprint density at radius 2 is 1.08 bits per heavy atom. The third-order valence-electron chi connectivity index (χ3n) is 7.98. The van der Waals surface area contributed by atoms with Gasteiger partial charge < -0.3 is 0 Å². The van der Waals surface area contributed by atoms with Gasteiger partial charge in [0.25, 0.3) is 0 Å². The van der Waals surface area contributed by atoms with Crippen LogP contribution in [-0.4, -0.2) is 0 Å². The highest BCUT2D eigenvalue weighted by molar-refractivity contribution is 7.77. The van der Waals surface area contributed by atoms with Crippen LogP contribution in [-0.2, 0) is 0 Å². The van der Waals surface area contributed by atoms with Crippen LogP contribution >= 0.6 is 7.92 Å². The lowest BCUT2D eigenvalue weighted by atomic mass is 9.78. The predicted octanol–water partition coefficient (Wildman–Crippen LogP) is 9.13. The van der Waals surface area contributed by atoms with Crippen molar-refractivity contribution >= 4 is 30.7 Å². The third-order valence-corrected chi connectivity index (χ3v) is 10.5. The molecule has 1 heteroatoms. The van der Waals surface area contributed by atoms with Crippen LogP contribution in [0, 0.1) is 0 Å². The molecule has 0 nitrogen and oxygen atoms in total. The zero-order chi connectivity index (χ0) is 25.5. The van der Waals surface area contributed by atoms with Crippen molar-refractivity contribution in [2.75, 3.05) is 0 Å². The number of hydrogen-bond donors (Lipinski definition) is 0. The van der Waals surface area contributed by atoms with Crippen molar-refractivity contribution in [3.63, 3.8) is 0 Å². The standard InChI is InChI=1S/C37H29P/c1-26-24-29-17-13-23-32(27-14-5-2-6-15-27)36(29)35(26)37-33-22-12-11-16-28(33)25-34(37)38(30-18-7-3-8-19-30)31-20-9-4-10-21-31/h2-25,35,37H,1H3. The topological polar surface area (TPSA) is 0 Å². The van der Waals surface area contributed by atoms with Gasteiger partial charge in [-0.2, -0.15) is 0 Å². The maximum absolute atomic E-state index is 2.52. The van der Waals surface area contributed by atoms with Gasteiger partial charge in [-0.25, -0.2) is 0 Å². The fourth-order valence-corrected chi connectivity index (χ4v) is 9.08. The number of rotatable bonds is 5. The minimum Gasteiger partial charge on any atom is -0.0642 e. The first-order valence-electron chi connectivity index (χ1n) is 13.4. The van der Waals surface area contributed by atoms with E-state index in [1.54, 1.807) is 5.31 Å². The van der Waals surface area contributed by atoms with Gasteiger partial charge in [-0.3, -0.25) is 0 Å². The van der Waals surface area contributed by atoms with Crippen molar-refractivity contribution in [3.05, 3.63) is 167 Å². The SMILES string of the molecule is CC1=Cc2cccc(-c3ccccc3)c2C1C1C(P(c2ccccc2)c2ccccc2)=Cc2ccccc21. The molecule has 5 aromatic rings. The van der Waals surface area contributed by atoms with Crippen molar-refractivity contribution in [2.24, 2.45) is 0 Å². The molecule has 2 aliphatic rings. The molecule has 0 aliphatic heterocycles. The zero-order valence-electron chi connectivity index (χ0n) is 21.5. The van der Waals surface area contributed by atoms with E-state index < -0.39 is 7.92 Å². The van der Waals surface area contributed by atoms with Crippen LogP contribution in [0.15, 0.2) is 144 Å². The molecule has 0 bridgehead atoms. The van der Waals surface area contributed by atoms with Gasteiger partial charge in [0.2, 0.25) is 0 Å². The normalized spacial score (nSPS) is 17.6. The fraction of sp³-hybridized carbons (Fsp3) is 0.0811. The Hall–Kier alpha value is -3.99. The van der Waals surface area contributed by atoms with Crippen LogP contribution in [0.3, 0.4) is 0 Å². The van der Waals surface area contributed by atoms with Crippen molar-refractivity contribution in [2.45, 2.75) is 18.8 Å². The van der Waals surface area contributed by atoms with Gasteiger partial charge >= 0.3 is 0 Å². The maximum atomic E-state index is 2.52. The quantitative estimate of drug-likeness (QED) is 0.209. The van der Waals surface area contributed by atoms with Gasteiger partial charge in [0.1, 0.15) is 0 Å². The molecular weight excluding hydrogens is 475 g/mol. The molecule has 2 atom stereocenters. The van der Waals surface area contributed by atoms with Gasteiger partial charge in [0.15, 0.2) is 0 Å². The molecule has 0 radical (unpaired) electrons. The van der Waals surface area contributed by atoms with E-state index in [4.69, 9.17) is 0 Å². The molecule has 0 fully saturated rings. The van der Waals surface area contributed by atoms with Gasteiger partial charge in [-0.05, 0) is 70.2 Å². The molecule has 0 saturated heterocycles. The highest BCUT2D eigenvalue weighted by atomic mass is 31.1. The number of allylic oxidation sites excluding steroid dienone is 2. The second kappa shape index (κ2) is 9.71. The zero-order valence-corrected chi connectivity index (χ0v) is 22.4. The minimum atomic E-state index is -0.692. The summed E-state index contributed by atoms with van der Waals surface area (Å²) in [7, 11) is -0.692. The summed E-state index contributed by atoms with van der Waals surface area (Å²) in [6.45, 7) is 2.34. The van der Waals surface area contributed by atoms with E-state index in [0.717, 1.165) is 0 Å². The molecule has 182 valence electrons. The number of benzene rings is 5. The lowest BCUT2D eigenvalue weighted by Gasteiger charge is -2.32. The maximum Gasteiger partial charge on any atom is 0.0213 e. The molecule has 5 aromatic carbocycles. The van der Waals surface area contributed by atoms with E-state index in [2.05, 4.69) is 153 Å². The van der Waals surface area contributed by atoms with E-state index in [1.165, 1.54) is 49.6 Å². The van der Waals surface area contributed by atoms with Crippen molar-refractivity contribution in [1.29, 1.82) is 0 Å². The second-order valence-electron chi connectivity index (χ2n) is 10.2. The molecular formula is C37H29P. The van der Waals surface area contributed by atoms with Crippen LogP contribution in [0.4, 0.5) is 0 Å². The van der Waals surface area contributed by atoms with Crippen molar-refractivity contribution in [3.8, 4) is 11.1 Å². The molecule has 0 spiro atoms. The second-order valence-corrected chi connectivity index (χ2v) is 12.4. The molecule has 2 unspecified atom stereocenters. The summed E-state index contributed by atoms with van der Waals surface area (Å²) in [4.78, 5) is 0. The number of hydrogen-bond acceptors (Lipinski definition) is 0. The van der Waals surface area contributed by atoms with E-state index in [9.17, 15) is 0 Å². The van der Waals surface area contributed by atoms with Gasteiger partial charge in [0.05, 0.1) is 0 Å². The van der Waals surface area contributed by atoms with Gasteiger partial charge in [0, 0.05) is 11.8 Å². The third kappa shape index (κ3) is 3.89. The average Bonchev–Trinajstić information content (AvgIpc) is 3.51. The lowest BCUT2D eigenvalue weighted by molar-refractivity contribution is 0.716. The lowest BCUT2D eigenvalue weighted by Crippen LogP contribution is -2.19. The highest BCUT2D eigenvalue weighted by Crippen LogP contribution is 2.62. The van der Waals surface area contributed by atoms with E-state index >= 15 is 0 Å². The fourth-order valence-electron chi connectivity index (χ4n) is 6.41. The van der Waals surface area contributed by atoms with E-state index in [0.29, 0.717) is 11.8 Å². The van der Waals surface area contributed by atoms with Gasteiger partial charge in [-0.1, -0.05) is 145 Å². The first kappa shape index (κ1) is 23.2. The summed E-state index contributed by atoms with van der Waals surface area (Å²) < 4.78 is 0. The van der Waals surface area contributed by atoms with Crippen LogP contribution in [0.2, 0.25) is 0 Å². The van der Waals surface area contributed by atoms with Crippen LogP contribution in [0.25, 0.3) is 23.3 Å². The molecule has 0 N–H and O–H groups in total. The molecule has 0 saturated carbocycles. The highest BCUT2D eigenvalue weighted by Gasteiger charge is 2.41. The summed E-state index contributed by atoms with van der Waals surface area (Å²) in [5.41, 5.74) is 9.75. The average molecular weight is 505 g/mol. The summed E-state index contributed by atoms with van der Waals surface area (Å²) in [6.07, 6.45) is 4.94. The Morgan fingerprint density at radius 1 is 0.500 bits per heavy atom. The van der Waals surface area contributed by atoms with E-state index in [-0.39, 0.29) is 0 Å². The Bertz CT molecular complexity index is 1620. The minimum absolute atomic E-state index is 0.292. The first-order chi connectivity index (χ1) is 18.8. The largest absolute Gasteiger partial charge is 0.0642 e.